The van der Waals surface area contributed by atoms with Crippen molar-refractivity contribution in [1.82, 2.24) is 20.4 Å². The average Bonchev–Trinajstić information content (AvgIpc) is 3.22. The molecule has 0 aromatic carbocycles. The van der Waals surface area contributed by atoms with Gasteiger partial charge in [-0.3, -0.25) is 4.90 Å². The third kappa shape index (κ3) is 3.58. The Bertz CT molecular complexity index is 416. The summed E-state index contributed by atoms with van der Waals surface area (Å²) in [7, 11) is 0. The second kappa shape index (κ2) is 6.68. The van der Waals surface area contributed by atoms with Crippen molar-refractivity contribution in [1.29, 1.82) is 0 Å². The van der Waals surface area contributed by atoms with E-state index in [4.69, 9.17) is 4.52 Å². The Morgan fingerprint density at radius 1 is 1.30 bits per heavy atom. The molecule has 20 heavy (non-hydrogen) atoms. The highest BCUT2D eigenvalue weighted by Crippen LogP contribution is 2.38. The highest BCUT2D eigenvalue weighted by Gasteiger charge is 2.30. The lowest BCUT2D eigenvalue weighted by Crippen LogP contribution is -2.45. The topological polar surface area (TPSA) is 54.2 Å². The predicted octanol–water partition coefficient (Wildman–Crippen LogP) is 2.30. The number of hydrogen-bond acceptors (Lipinski definition) is 5. The lowest BCUT2D eigenvalue weighted by molar-refractivity contribution is 0.133. The molecule has 0 bridgehead atoms. The number of piperidine rings is 1. The van der Waals surface area contributed by atoms with Crippen molar-refractivity contribution in [3.8, 4) is 0 Å². The van der Waals surface area contributed by atoms with Crippen LogP contribution < -0.4 is 5.32 Å². The zero-order chi connectivity index (χ0) is 13.8. The third-order valence-corrected chi connectivity index (χ3v) is 4.31. The van der Waals surface area contributed by atoms with Crippen LogP contribution >= 0.6 is 0 Å². The first-order chi connectivity index (χ1) is 9.86. The standard InChI is InChI=1S/C15H26N4O/c1-2-8-16-10-13-5-3-4-9-19(13)11-14-17-15(20-18-14)12-6-7-12/h12-13,16H,2-11H2,1H3. The third-order valence-electron chi connectivity index (χ3n) is 4.31. The van der Waals surface area contributed by atoms with Crippen molar-refractivity contribution in [3.05, 3.63) is 11.7 Å². The molecule has 2 aliphatic rings. The molecule has 1 aliphatic carbocycles. The fourth-order valence-electron chi connectivity index (χ4n) is 2.95. The SMILES string of the molecule is CCCNCC1CCCCN1Cc1noc(C2CC2)n1. The summed E-state index contributed by atoms with van der Waals surface area (Å²) in [5.41, 5.74) is 0. The minimum atomic E-state index is 0.555. The molecule has 0 spiro atoms. The van der Waals surface area contributed by atoms with E-state index >= 15 is 0 Å². The van der Waals surface area contributed by atoms with Crippen LogP contribution in [0.15, 0.2) is 4.52 Å². The van der Waals surface area contributed by atoms with Gasteiger partial charge in [0.05, 0.1) is 6.54 Å². The molecule has 1 saturated carbocycles. The molecule has 5 heteroatoms. The van der Waals surface area contributed by atoms with Crippen molar-refractivity contribution >= 4 is 0 Å². The molecule has 1 saturated heterocycles. The number of rotatable bonds is 7. The van der Waals surface area contributed by atoms with Crippen LogP contribution in [0, 0.1) is 0 Å². The monoisotopic (exact) mass is 278 g/mol. The van der Waals surface area contributed by atoms with Crippen LogP contribution in [0.2, 0.25) is 0 Å². The second-order valence-electron chi connectivity index (χ2n) is 6.15. The second-order valence-corrected chi connectivity index (χ2v) is 6.15. The Morgan fingerprint density at radius 2 is 2.20 bits per heavy atom. The zero-order valence-corrected chi connectivity index (χ0v) is 12.5. The molecule has 0 amide bonds. The van der Waals surface area contributed by atoms with Crippen LogP contribution in [0.5, 0.6) is 0 Å². The molecule has 1 unspecified atom stereocenters. The van der Waals surface area contributed by atoms with Crippen molar-refractivity contribution in [2.24, 2.45) is 0 Å². The molecule has 3 rings (SSSR count). The molecule has 112 valence electrons. The number of likely N-dealkylation sites (tertiary alicyclic amines) is 1. The van der Waals surface area contributed by atoms with Crippen LogP contribution in [0.1, 0.15) is 63.1 Å². The maximum Gasteiger partial charge on any atom is 0.229 e. The first kappa shape index (κ1) is 14.0. The Kier molecular flexibility index (Phi) is 4.68. The maximum atomic E-state index is 5.36. The maximum absolute atomic E-state index is 5.36. The van der Waals surface area contributed by atoms with E-state index in [1.807, 2.05) is 0 Å². The lowest BCUT2D eigenvalue weighted by atomic mass is 10.0. The van der Waals surface area contributed by atoms with Crippen LogP contribution in [0.4, 0.5) is 0 Å². The van der Waals surface area contributed by atoms with E-state index in [1.165, 1.54) is 38.5 Å². The number of hydrogen-bond donors (Lipinski definition) is 1. The van der Waals surface area contributed by atoms with Gasteiger partial charge in [-0.25, -0.2) is 0 Å². The van der Waals surface area contributed by atoms with Crippen molar-refractivity contribution in [2.45, 2.75) is 64.0 Å². The number of nitrogens with one attached hydrogen (secondary N) is 1. The van der Waals surface area contributed by atoms with Gasteiger partial charge in [-0.1, -0.05) is 18.5 Å². The number of aromatic nitrogens is 2. The van der Waals surface area contributed by atoms with Gasteiger partial charge in [0.15, 0.2) is 5.82 Å². The van der Waals surface area contributed by atoms with E-state index in [9.17, 15) is 0 Å². The van der Waals surface area contributed by atoms with E-state index in [2.05, 4.69) is 27.3 Å². The summed E-state index contributed by atoms with van der Waals surface area (Å²) in [5.74, 6) is 2.28. The fourth-order valence-corrected chi connectivity index (χ4v) is 2.95. The Labute approximate surface area is 121 Å². The van der Waals surface area contributed by atoms with Crippen LogP contribution in [-0.2, 0) is 6.54 Å². The van der Waals surface area contributed by atoms with Gasteiger partial charge in [-0.05, 0) is 45.2 Å². The smallest absolute Gasteiger partial charge is 0.229 e. The van der Waals surface area contributed by atoms with Gasteiger partial charge >= 0.3 is 0 Å². The Balaban J connectivity index is 1.54. The molecule has 2 heterocycles. The van der Waals surface area contributed by atoms with Gasteiger partial charge < -0.3 is 9.84 Å². The first-order valence-electron chi connectivity index (χ1n) is 8.14. The van der Waals surface area contributed by atoms with E-state index in [0.717, 1.165) is 37.9 Å². The Morgan fingerprint density at radius 3 is 3.00 bits per heavy atom. The van der Waals surface area contributed by atoms with Gasteiger partial charge in [-0.2, -0.15) is 4.98 Å². The van der Waals surface area contributed by atoms with Crippen LogP contribution in [0.25, 0.3) is 0 Å². The fraction of sp³-hybridized carbons (Fsp3) is 0.867. The van der Waals surface area contributed by atoms with Crippen LogP contribution in [-0.4, -0.2) is 40.7 Å². The summed E-state index contributed by atoms with van der Waals surface area (Å²) in [6.45, 7) is 6.41. The van der Waals surface area contributed by atoms with Gasteiger partial charge in [0, 0.05) is 18.5 Å². The van der Waals surface area contributed by atoms with E-state index < -0.39 is 0 Å². The molecular formula is C15H26N4O. The largest absolute Gasteiger partial charge is 0.339 e. The highest BCUT2D eigenvalue weighted by molar-refractivity contribution is 5.02. The van der Waals surface area contributed by atoms with Gasteiger partial charge in [-0.15, -0.1) is 0 Å². The molecule has 1 aromatic heterocycles. The predicted molar refractivity (Wildman–Crippen MR) is 77.5 cm³/mol. The summed E-state index contributed by atoms with van der Waals surface area (Å²) < 4.78 is 5.36. The van der Waals surface area contributed by atoms with Gasteiger partial charge in [0.1, 0.15) is 0 Å². The van der Waals surface area contributed by atoms with E-state index in [-0.39, 0.29) is 0 Å². The summed E-state index contributed by atoms with van der Waals surface area (Å²) in [4.78, 5) is 7.08. The summed E-state index contributed by atoms with van der Waals surface area (Å²) in [6.07, 6.45) is 7.54. The molecule has 1 aromatic rings. The van der Waals surface area contributed by atoms with E-state index in [0.29, 0.717) is 12.0 Å². The van der Waals surface area contributed by atoms with Crippen LogP contribution in [0.3, 0.4) is 0 Å². The highest BCUT2D eigenvalue weighted by atomic mass is 16.5. The van der Waals surface area contributed by atoms with Gasteiger partial charge in [0.2, 0.25) is 5.89 Å². The molecule has 2 fully saturated rings. The first-order valence-corrected chi connectivity index (χ1v) is 8.14. The van der Waals surface area contributed by atoms with Gasteiger partial charge in [0.25, 0.3) is 0 Å². The zero-order valence-electron chi connectivity index (χ0n) is 12.5. The molecular weight excluding hydrogens is 252 g/mol. The van der Waals surface area contributed by atoms with Crippen molar-refractivity contribution in [3.63, 3.8) is 0 Å². The van der Waals surface area contributed by atoms with Crippen molar-refractivity contribution < 1.29 is 4.52 Å². The summed E-state index contributed by atoms with van der Waals surface area (Å²) >= 11 is 0. The molecule has 1 N–H and O–H groups in total. The minimum absolute atomic E-state index is 0.555. The normalized spacial score (nSPS) is 24.1. The average molecular weight is 278 g/mol. The Hall–Kier alpha value is -0.940. The molecule has 1 aliphatic heterocycles. The van der Waals surface area contributed by atoms with E-state index in [1.54, 1.807) is 0 Å². The molecule has 1 atom stereocenters. The summed E-state index contributed by atoms with van der Waals surface area (Å²) in [6, 6.07) is 0.623. The molecule has 5 nitrogen and oxygen atoms in total. The summed E-state index contributed by atoms with van der Waals surface area (Å²) in [5, 5.41) is 7.70. The van der Waals surface area contributed by atoms with Crippen molar-refractivity contribution in [2.75, 3.05) is 19.6 Å². The lowest BCUT2D eigenvalue weighted by Gasteiger charge is -2.35. The molecule has 0 radical (unpaired) electrons. The minimum Gasteiger partial charge on any atom is -0.339 e. The number of nitrogens with zero attached hydrogens (tertiary/aromatic N) is 3. The quantitative estimate of drug-likeness (QED) is 0.776.